The number of hydrogen-bond acceptors (Lipinski definition) is 4. The van der Waals surface area contributed by atoms with E-state index in [2.05, 4.69) is 31.5 Å². The van der Waals surface area contributed by atoms with Crippen LogP contribution in [0.3, 0.4) is 0 Å². The molecule has 40 heavy (non-hydrogen) atoms. The molecule has 1 aliphatic heterocycles. The molecule has 4 N–H and O–H groups in total. The number of aliphatic imine (C=N–C) groups is 1. The first-order chi connectivity index (χ1) is 19.0. The van der Waals surface area contributed by atoms with E-state index in [1.165, 1.54) is 12.3 Å². The molecule has 1 aromatic heterocycles. The van der Waals surface area contributed by atoms with Crippen molar-refractivity contribution < 1.29 is 18.4 Å². The molecule has 1 aliphatic rings. The Morgan fingerprint density at radius 3 is 2.62 bits per heavy atom. The van der Waals surface area contributed by atoms with Crippen molar-refractivity contribution >= 4 is 62.3 Å². The summed E-state index contributed by atoms with van der Waals surface area (Å²) >= 11 is 9.42. The molecule has 0 radical (unpaired) electrons. The number of fused-ring (bicyclic) bond motifs is 1. The van der Waals surface area contributed by atoms with Gasteiger partial charge in [-0.15, -0.1) is 0 Å². The van der Waals surface area contributed by atoms with Crippen LogP contribution in [0.2, 0.25) is 5.02 Å². The molecule has 0 aliphatic carbocycles. The van der Waals surface area contributed by atoms with Crippen LogP contribution in [0.25, 0.3) is 16.8 Å². The summed E-state index contributed by atoms with van der Waals surface area (Å²) < 4.78 is 29.7. The lowest BCUT2D eigenvalue weighted by Crippen LogP contribution is -2.20. The van der Waals surface area contributed by atoms with Crippen LogP contribution < -0.4 is 16.4 Å². The van der Waals surface area contributed by atoms with Gasteiger partial charge in [0, 0.05) is 51.2 Å². The SMILES string of the molecule is CC1=N/C(=C(\C)Br)c2ccc(NC(N)=O)cc2NC(=O)CCCCC1c1ccc(-c2c(F)ccc(Cl)c2F)cn1. The van der Waals surface area contributed by atoms with E-state index in [9.17, 15) is 18.4 Å². The summed E-state index contributed by atoms with van der Waals surface area (Å²) in [6, 6.07) is 9.99. The lowest BCUT2D eigenvalue weighted by atomic mass is 9.91. The van der Waals surface area contributed by atoms with E-state index >= 15 is 0 Å². The quantitative estimate of drug-likeness (QED) is 0.255. The van der Waals surface area contributed by atoms with E-state index < -0.39 is 17.7 Å². The van der Waals surface area contributed by atoms with Crippen LogP contribution in [-0.4, -0.2) is 22.6 Å². The molecule has 0 spiro atoms. The number of nitrogens with one attached hydrogen (secondary N) is 2. The third kappa shape index (κ3) is 6.74. The van der Waals surface area contributed by atoms with Crippen molar-refractivity contribution in [3.05, 3.63) is 81.1 Å². The second-order valence-corrected chi connectivity index (χ2v) is 11.0. The predicted molar refractivity (Wildman–Crippen MR) is 159 cm³/mol. The molecular formula is C29H27BrClF2N5O2. The molecule has 0 bridgehead atoms. The van der Waals surface area contributed by atoms with Gasteiger partial charge < -0.3 is 16.4 Å². The largest absolute Gasteiger partial charge is 0.351 e. The lowest BCUT2D eigenvalue weighted by molar-refractivity contribution is -0.116. The van der Waals surface area contributed by atoms with Crippen molar-refractivity contribution in [1.29, 1.82) is 0 Å². The van der Waals surface area contributed by atoms with Crippen molar-refractivity contribution in [1.82, 2.24) is 4.98 Å². The number of primary amides is 1. The Balaban J connectivity index is 1.76. The smallest absolute Gasteiger partial charge is 0.316 e. The highest BCUT2D eigenvalue weighted by Crippen LogP contribution is 2.36. The molecule has 1 atom stereocenters. The number of hydrogen-bond donors (Lipinski definition) is 3. The zero-order chi connectivity index (χ0) is 29.0. The third-order valence-corrected chi connectivity index (χ3v) is 7.23. The minimum atomic E-state index is -0.839. The summed E-state index contributed by atoms with van der Waals surface area (Å²) in [5, 5.41) is 5.28. The maximum absolute atomic E-state index is 14.6. The fourth-order valence-electron chi connectivity index (χ4n) is 4.62. The normalized spacial score (nSPS) is 17.5. The van der Waals surface area contributed by atoms with E-state index in [0.29, 0.717) is 54.0 Å². The van der Waals surface area contributed by atoms with E-state index in [1.54, 1.807) is 30.3 Å². The van der Waals surface area contributed by atoms with Crippen molar-refractivity contribution in [2.75, 3.05) is 10.6 Å². The van der Waals surface area contributed by atoms with E-state index in [0.717, 1.165) is 16.3 Å². The minimum absolute atomic E-state index is 0.171. The first-order valence-electron chi connectivity index (χ1n) is 12.6. The summed E-state index contributed by atoms with van der Waals surface area (Å²) in [6.45, 7) is 3.74. The summed E-state index contributed by atoms with van der Waals surface area (Å²) in [5.41, 5.74) is 8.90. The van der Waals surface area contributed by atoms with Gasteiger partial charge in [0.05, 0.1) is 22.0 Å². The van der Waals surface area contributed by atoms with Gasteiger partial charge >= 0.3 is 6.03 Å². The number of rotatable bonds is 3. The van der Waals surface area contributed by atoms with Crippen LogP contribution >= 0.6 is 27.5 Å². The van der Waals surface area contributed by atoms with Gasteiger partial charge in [-0.2, -0.15) is 0 Å². The van der Waals surface area contributed by atoms with Crippen LogP contribution in [0.1, 0.15) is 56.7 Å². The highest BCUT2D eigenvalue weighted by Gasteiger charge is 2.22. The van der Waals surface area contributed by atoms with Crippen LogP contribution in [0.5, 0.6) is 0 Å². The minimum Gasteiger partial charge on any atom is -0.351 e. The monoisotopic (exact) mass is 629 g/mol. The fraction of sp³-hybridized carbons (Fsp3) is 0.241. The molecule has 3 aromatic rings. The summed E-state index contributed by atoms with van der Waals surface area (Å²) in [4.78, 5) is 33.7. The molecular weight excluding hydrogens is 604 g/mol. The fourth-order valence-corrected chi connectivity index (χ4v) is 5.08. The van der Waals surface area contributed by atoms with Crippen LogP contribution in [0, 0.1) is 11.6 Å². The number of pyridine rings is 1. The summed E-state index contributed by atoms with van der Waals surface area (Å²) in [5.74, 6) is -1.95. The van der Waals surface area contributed by atoms with Gasteiger partial charge in [0.25, 0.3) is 0 Å². The number of amides is 3. The number of carbonyl (C=O) groups is 2. The number of aromatic nitrogens is 1. The Morgan fingerprint density at radius 2 is 1.95 bits per heavy atom. The van der Waals surface area contributed by atoms with Gasteiger partial charge in [0.1, 0.15) is 5.82 Å². The van der Waals surface area contributed by atoms with Crippen LogP contribution in [0.15, 0.2) is 58.1 Å². The van der Waals surface area contributed by atoms with Gasteiger partial charge in [0.15, 0.2) is 5.82 Å². The number of allylic oxidation sites excluding steroid dienone is 1. The van der Waals surface area contributed by atoms with Crippen molar-refractivity contribution in [3.63, 3.8) is 0 Å². The molecule has 208 valence electrons. The maximum Gasteiger partial charge on any atom is 0.316 e. The van der Waals surface area contributed by atoms with E-state index in [-0.39, 0.29) is 28.0 Å². The molecule has 11 heteroatoms. The number of carbonyl (C=O) groups excluding carboxylic acids is 2. The van der Waals surface area contributed by atoms with Gasteiger partial charge in [-0.05, 0) is 63.1 Å². The number of nitrogens with zero attached hydrogens (tertiary/aromatic N) is 2. The molecule has 3 amide bonds. The average Bonchev–Trinajstić information content (AvgIpc) is 2.89. The highest BCUT2D eigenvalue weighted by atomic mass is 79.9. The number of nitrogens with two attached hydrogens (primary N) is 1. The van der Waals surface area contributed by atoms with Crippen molar-refractivity contribution in [2.24, 2.45) is 10.7 Å². The Hall–Kier alpha value is -3.63. The molecule has 2 aromatic carbocycles. The number of halogens is 4. The Morgan fingerprint density at radius 1 is 1.18 bits per heavy atom. The van der Waals surface area contributed by atoms with Crippen LogP contribution in [-0.2, 0) is 4.79 Å². The first kappa shape index (κ1) is 29.4. The highest BCUT2D eigenvalue weighted by molar-refractivity contribution is 9.11. The first-order valence-corrected chi connectivity index (χ1v) is 13.7. The molecule has 1 unspecified atom stereocenters. The van der Waals surface area contributed by atoms with E-state index in [1.807, 2.05) is 13.8 Å². The molecule has 0 fully saturated rings. The molecule has 7 nitrogen and oxygen atoms in total. The second-order valence-electron chi connectivity index (χ2n) is 9.42. The van der Waals surface area contributed by atoms with E-state index in [4.69, 9.17) is 22.3 Å². The maximum atomic E-state index is 14.6. The lowest BCUT2D eigenvalue weighted by Gasteiger charge is -2.20. The zero-order valence-corrected chi connectivity index (χ0v) is 24.2. The molecule has 4 rings (SSSR count). The zero-order valence-electron chi connectivity index (χ0n) is 21.8. The average molecular weight is 631 g/mol. The third-order valence-electron chi connectivity index (χ3n) is 6.56. The van der Waals surface area contributed by atoms with Crippen molar-refractivity contribution in [2.45, 2.75) is 45.4 Å². The predicted octanol–water partition coefficient (Wildman–Crippen LogP) is 8.01. The Bertz CT molecular complexity index is 1520. The molecule has 0 saturated carbocycles. The molecule has 0 saturated heterocycles. The Labute approximate surface area is 244 Å². The number of benzene rings is 2. The van der Waals surface area contributed by atoms with Gasteiger partial charge in [-0.25, -0.2) is 13.6 Å². The van der Waals surface area contributed by atoms with Crippen LogP contribution in [0.4, 0.5) is 25.0 Å². The number of anilines is 2. The standard InChI is InChI=1S/C29H27BrClF2N5O2/c1-15(30)28-20-9-8-18(37-29(34)40)13-24(20)38-25(39)6-4-3-5-19(16(2)36-28)23-12-7-17(14-35-23)26-22(32)11-10-21(31)27(26)33/h7-14,19H,3-6H2,1-2H3,(H,38,39)(H3,34,37,40)/b28-15+,36-16?. The number of urea groups is 1. The summed E-state index contributed by atoms with van der Waals surface area (Å²) in [6.07, 6.45) is 3.73. The topological polar surface area (TPSA) is 109 Å². The van der Waals surface area contributed by atoms with Gasteiger partial charge in [0.2, 0.25) is 5.91 Å². The molecule has 2 heterocycles. The Kier molecular flexibility index (Phi) is 9.32. The van der Waals surface area contributed by atoms with Crippen molar-refractivity contribution in [3.8, 4) is 11.1 Å². The van der Waals surface area contributed by atoms with Gasteiger partial charge in [-0.3, -0.25) is 14.8 Å². The summed E-state index contributed by atoms with van der Waals surface area (Å²) in [7, 11) is 0. The van der Waals surface area contributed by atoms with Gasteiger partial charge in [-0.1, -0.05) is 40.0 Å². The second kappa shape index (κ2) is 12.7.